The largest absolute Gasteiger partial charge is 0.380 e. The summed E-state index contributed by atoms with van der Waals surface area (Å²) in [6.07, 6.45) is 3.93. The number of carbonyl (C=O) groups is 1. The molecule has 1 aliphatic rings. The monoisotopic (exact) mass is 361 g/mol. The number of rotatable bonds is 4. The molecule has 0 spiro atoms. The minimum atomic E-state index is -0.161. The molecule has 1 unspecified atom stereocenters. The molecule has 1 aliphatic heterocycles. The number of nitrogens with zero attached hydrogens (tertiary/aromatic N) is 1. The number of aromatic nitrogens is 1. The van der Waals surface area contributed by atoms with Crippen LogP contribution in [-0.4, -0.2) is 22.9 Å². The highest BCUT2D eigenvalue weighted by Crippen LogP contribution is 2.41. The number of aldehydes is 1. The molecule has 0 saturated carbocycles. The van der Waals surface area contributed by atoms with Gasteiger partial charge in [0, 0.05) is 29.6 Å². The minimum absolute atomic E-state index is 0.161. The molecule has 0 bridgehead atoms. The van der Waals surface area contributed by atoms with Gasteiger partial charge in [-0.25, -0.2) is 0 Å². The summed E-state index contributed by atoms with van der Waals surface area (Å²) in [7, 11) is 2.15. The maximum absolute atomic E-state index is 11.4. The molecule has 2 N–H and O–H groups in total. The number of hydrogen-bond donors (Lipinski definition) is 2. The topological polar surface area (TPSA) is 46.1 Å². The van der Waals surface area contributed by atoms with E-state index in [-0.39, 0.29) is 12.1 Å². The second-order valence-corrected chi connectivity index (χ2v) is 7.55. The van der Waals surface area contributed by atoms with Gasteiger partial charge in [-0.3, -0.25) is 0 Å². The van der Waals surface area contributed by atoms with Crippen LogP contribution >= 0.6 is 0 Å². The first kappa shape index (κ1) is 17.7. The van der Waals surface area contributed by atoms with Gasteiger partial charge in [-0.05, 0) is 37.5 Å². The van der Waals surface area contributed by atoms with Crippen molar-refractivity contribution in [1.82, 2.24) is 4.57 Å². The number of para-hydroxylation sites is 2. The SMILES string of the molecule is CCCc1c(-c2cccc3c2N[C@H](C)CC(C=O)N3)n(C)c2ccccc12. The maximum Gasteiger partial charge on any atom is 0.142 e. The fourth-order valence-electron chi connectivity index (χ4n) is 4.38. The fraction of sp³-hybridized carbons (Fsp3) is 0.348. The first-order valence-electron chi connectivity index (χ1n) is 9.82. The summed E-state index contributed by atoms with van der Waals surface area (Å²) in [5, 5.41) is 8.40. The summed E-state index contributed by atoms with van der Waals surface area (Å²) in [6.45, 7) is 4.37. The molecule has 2 aromatic carbocycles. The lowest BCUT2D eigenvalue weighted by Gasteiger charge is -2.18. The molecule has 1 aromatic heterocycles. The molecule has 0 amide bonds. The predicted molar refractivity (Wildman–Crippen MR) is 114 cm³/mol. The number of fused-ring (bicyclic) bond motifs is 2. The lowest BCUT2D eigenvalue weighted by molar-refractivity contribution is -0.108. The number of carbonyl (C=O) groups excluding carboxylic acids is 1. The van der Waals surface area contributed by atoms with Crippen LogP contribution in [0.2, 0.25) is 0 Å². The zero-order valence-electron chi connectivity index (χ0n) is 16.3. The molecular formula is C23H27N3O. The molecule has 27 heavy (non-hydrogen) atoms. The van der Waals surface area contributed by atoms with Crippen LogP contribution in [0.5, 0.6) is 0 Å². The van der Waals surface area contributed by atoms with E-state index in [2.05, 4.69) is 78.6 Å². The molecule has 4 nitrogen and oxygen atoms in total. The van der Waals surface area contributed by atoms with Crippen molar-refractivity contribution in [3.8, 4) is 11.3 Å². The van der Waals surface area contributed by atoms with Crippen LogP contribution in [0.3, 0.4) is 0 Å². The van der Waals surface area contributed by atoms with Gasteiger partial charge in [-0.2, -0.15) is 0 Å². The van der Waals surface area contributed by atoms with E-state index in [1.165, 1.54) is 27.7 Å². The van der Waals surface area contributed by atoms with Crippen LogP contribution in [0.25, 0.3) is 22.2 Å². The van der Waals surface area contributed by atoms with Crippen molar-refractivity contribution >= 4 is 28.6 Å². The van der Waals surface area contributed by atoms with Gasteiger partial charge in [0.15, 0.2) is 0 Å². The molecule has 0 saturated heterocycles. The zero-order valence-corrected chi connectivity index (χ0v) is 16.3. The summed E-state index contributed by atoms with van der Waals surface area (Å²) < 4.78 is 2.31. The van der Waals surface area contributed by atoms with E-state index in [4.69, 9.17) is 0 Å². The number of anilines is 2. The number of nitrogens with one attached hydrogen (secondary N) is 2. The third-order valence-corrected chi connectivity index (χ3v) is 5.53. The van der Waals surface area contributed by atoms with E-state index in [0.29, 0.717) is 0 Å². The standard InChI is InChI=1S/C23H27N3O/c1-4-8-18-17-9-5-6-12-21(17)26(3)23(18)19-10-7-11-20-22(19)24-15(2)13-16(14-27)25-20/h5-7,9-12,14-16,24-25H,4,8,13H2,1-3H3/t15-,16?/m1/s1. The third kappa shape index (κ3) is 2.99. The van der Waals surface area contributed by atoms with E-state index < -0.39 is 0 Å². The van der Waals surface area contributed by atoms with Crippen molar-refractivity contribution in [3.05, 3.63) is 48.0 Å². The molecule has 0 fully saturated rings. The molecular weight excluding hydrogens is 334 g/mol. The lowest BCUT2D eigenvalue weighted by Crippen LogP contribution is -2.25. The molecule has 2 atom stereocenters. The van der Waals surface area contributed by atoms with Gasteiger partial charge in [0.05, 0.1) is 23.1 Å². The van der Waals surface area contributed by atoms with E-state index in [1.807, 2.05) is 0 Å². The summed E-state index contributed by atoms with van der Waals surface area (Å²) in [4.78, 5) is 11.4. The van der Waals surface area contributed by atoms with Crippen LogP contribution in [0.15, 0.2) is 42.5 Å². The van der Waals surface area contributed by atoms with Crippen LogP contribution in [-0.2, 0) is 18.3 Å². The van der Waals surface area contributed by atoms with Gasteiger partial charge < -0.3 is 20.0 Å². The molecule has 4 heteroatoms. The summed E-state index contributed by atoms with van der Waals surface area (Å²) in [5.41, 5.74) is 7.21. The molecule has 140 valence electrons. The van der Waals surface area contributed by atoms with Gasteiger partial charge in [0.25, 0.3) is 0 Å². The van der Waals surface area contributed by atoms with Gasteiger partial charge in [-0.1, -0.05) is 43.7 Å². The van der Waals surface area contributed by atoms with Gasteiger partial charge in [-0.15, -0.1) is 0 Å². The van der Waals surface area contributed by atoms with E-state index in [0.717, 1.165) is 36.9 Å². The van der Waals surface area contributed by atoms with Crippen LogP contribution in [0, 0.1) is 0 Å². The van der Waals surface area contributed by atoms with Crippen molar-refractivity contribution in [2.75, 3.05) is 10.6 Å². The number of aryl methyl sites for hydroxylation is 2. The Balaban J connectivity index is 1.97. The average molecular weight is 361 g/mol. The van der Waals surface area contributed by atoms with Crippen LogP contribution in [0.4, 0.5) is 11.4 Å². The normalized spacial score (nSPS) is 19.1. The second kappa shape index (κ2) is 7.10. The smallest absolute Gasteiger partial charge is 0.142 e. The van der Waals surface area contributed by atoms with Crippen molar-refractivity contribution in [2.45, 2.75) is 45.2 Å². The summed E-state index contributed by atoms with van der Waals surface area (Å²) >= 11 is 0. The quantitative estimate of drug-likeness (QED) is 0.644. The predicted octanol–water partition coefficient (Wildman–Crippen LogP) is 4.98. The third-order valence-electron chi connectivity index (χ3n) is 5.53. The van der Waals surface area contributed by atoms with Crippen LogP contribution < -0.4 is 10.6 Å². The van der Waals surface area contributed by atoms with Crippen molar-refractivity contribution in [3.63, 3.8) is 0 Å². The van der Waals surface area contributed by atoms with Gasteiger partial charge in [0.1, 0.15) is 6.29 Å². The Morgan fingerprint density at radius 1 is 1.15 bits per heavy atom. The van der Waals surface area contributed by atoms with Crippen LogP contribution in [0.1, 0.15) is 32.3 Å². The average Bonchev–Trinajstić information content (AvgIpc) is 2.83. The van der Waals surface area contributed by atoms with E-state index >= 15 is 0 Å². The molecule has 0 radical (unpaired) electrons. The van der Waals surface area contributed by atoms with Gasteiger partial charge >= 0.3 is 0 Å². The number of hydrogen-bond acceptors (Lipinski definition) is 3. The fourth-order valence-corrected chi connectivity index (χ4v) is 4.38. The van der Waals surface area contributed by atoms with E-state index in [9.17, 15) is 4.79 Å². The van der Waals surface area contributed by atoms with Crippen molar-refractivity contribution in [1.29, 1.82) is 0 Å². The second-order valence-electron chi connectivity index (χ2n) is 7.55. The number of benzene rings is 2. The first-order valence-corrected chi connectivity index (χ1v) is 9.82. The maximum atomic E-state index is 11.4. The summed E-state index contributed by atoms with van der Waals surface area (Å²) in [5.74, 6) is 0. The van der Waals surface area contributed by atoms with E-state index in [1.54, 1.807) is 0 Å². The van der Waals surface area contributed by atoms with Gasteiger partial charge in [0.2, 0.25) is 0 Å². The first-order chi connectivity index (χ1) is 13.1. The molecule has 0 aliphatic carbocycles. The lowest BCUT2D eigenvalue weighted by atomic mass is 9.99. The summed E-state index contributed by atoms with van der Waals surface area (Å²) in [6, 6.07) is 15.0. The molecule has 2 heterocycles. The zero-order chi connectivity index (χ0) is 19.0. The molecule has 3 aromatic rings. The van der Waals surface area contributed by atoms with Crippen molar-refractivity contribution < 1.29 is 4.79 Å². The van der Waals surface area contributed by atoms with Crippen molar-refractivity contribution in [2.24, 2.45) is 7.05 Å². The Kier molecular flexibility index (Phi) is 4.65. The Hall–Kier alpha value is -2.75. The highest BCUT2D eigenvalue weighted by Gasteiger charge is 2.24. The highest BCUT2D eigenvalue weighted by molar-refractivity contribution is 5.97. The Morgan fingerprint density at radius 2 is 1.96 bits per heavy atom. The highest BCUT2D eigenvalue weighted by atomic mass is 16.1. The Morgan fingerprint density at radius 3 is 2.74 bits per heavy atom. The molecule has 4 rings (SSSR count). The minimum Gasteiger partial charge on any atom is -0.380 e. The Labute approximate surface area is 160 Å². The Bertz CT molecular complexity index is 989.